The Hall–Kier alpha value is -0.200. The zero-order valence-electron chi connectivity index (χ0n) is 16.5. The molecule has 0 unspecified atom stereocenters. The fourth-order valence-electron chi connectivity index (χ4n) is 3.41. The molecular weight excluding hydrogens is 347 g/mol. The van der Waals surface area contributed by atoms with E-state index in [1.54, 1.807) is 0 Å². The Morgan fingerprint density at radius 3 is 1.80 bits per heavy atom. The van der Waals surface area contributed by atoms with Gasteiger partial charge in [-0.05, 0) is 42.4 Å². The van der Waals surface area contributed by atoms with Gasteiger partial charge in [-0.3, -0.25) is 0 Å². The zero-order chi connectivity index (χ0) is 18.3. The molecule has 1 aromatic carbocycles. The van der Waals surface area contributed by atoms with Crippen LogP contribution in [-0.2, 0) is 12.8 Å². The van der Waals surface area contributed by atoms with E-state index in [1.807, 2.05) is 0 Å². The highest BCUT2D eigenvalue weighted by Crippen LogP contribution is 2.30. The second-order valence-corrected chi connectivity index (χ2v) is 8.47. The summed E-state index contributed by atoms with van der Waals surface area (Å²) >= 11 is 12.4. The normalized spacial score (nSPS) is 11.4. The Labute approximate surface area is 166 Å². The summed E-state index contributed by atoms with van der Waals surface area (Å²) in [7, 11) is 0. The standard InChI is InChI=1S/C23H38Cl2/c1-3-5-7-8-9-10-11-12-13-14-15-20-17-18-21(16-6-4-2)22(19-20)23(24)25/h17-19,23H,3-16H2,1-2H3. The van der Waals surface area contributed by atoms with Crippen LogP contribution in [0.25, 0.3) is 0 Å². The van der Waals surface area contributed by atoms with Crippen LogP contribution in [0.1, 0.15) is 112 Å². The van der Waals surface area contributed by atoms with Gasteiger partial charge in [0.15, 0.2) is 0 Å². The minimum atomic E-state index is -0.403. The maximum atomic E-state index is 6.19. The van der Waals surface area contributed by atoms with Crippen molar-refractivity contribution in [3.63, 3.8) is 0 Å². The van der Waals surface area contributed by atoms with E-state index < -0.39 is 4.84 Å². The van der Waals surface area contributed by atoms with Gasteiger partial charge in [-0.15, -0.1) is 23.2 Å². The molecule has 1 aromatic rings. The second kappa shape index (κ2) is 14.9. The van der Waals surface area contributed by atoms with Gasteiger partial charge in [0, 0.05) is 0 Å². The van der Waals surface area contributed by atoms with Gasteiger partial charge in [0.25, 0.3) is 0 Å². The van der Waals surface area contributed by atoms with Gasteiger partial charge >= 0.3 is 0 Å². The van der Waals surface area contributed by atoms with Crippen LogP contribution in [0.4, 0.5) is 0 Å². The van der Waals surface area contributed by atoms with Crippen molar-refractivity contribution in [2.75, 3.05) is 0 Å². The number of unbranched alkanes of at least 4 members (excludes halogenated alkanes) is 10. The summed E-state index contributed by atoms with van der Waals surface area (Å²) in [5.41, 5.74) is 3.84. The average molecular weight is 385 g/mol. The third-order valence-corrected chi connectivity index (χ3v) is 5.53. The van der Waals surface area contributed by atoms with E-state index in [9.17, 15) is 0 Å². The lowest BCUT2D eigenvalue weighted by Crippen LogP contribution is -1.97. The molecule has 0 spiro atoms. The molecule has 0 bridgehead atoms. The summed E-state index contributed by atoms with van der Waals surface area (Å²) in [6.45, 7) is 4.50. The van der Waals surface area contributed by atoms with Gasteiger partial charge in [0.1, 0.15) is 4.84 Å². The Balaban J connectivity index is 2.23. The molecule has 0 aliphatic heterocycles. The van der Waals surface area contributed by atoms with Gasteiger partial charge < -0.3 is 0 Å². The highest BCUT2D eigenvalue weighted by Gasteiger charge is 2.10. The molecule has 1 rings (SSSR count). The maximum absolute atomic E-state index is 6.19. The van der Waals surface area contributed by atoms with E-state index in [0.29, 0.717) is 0 Å². The predicted octanol–water partition coefficient (Wildman–Crippen LogP) is 8.97. The lowest BCUT2D eigenvalue weighted by Gasteiger charge is -2.12. The number of benzene rings is 1. The van der Waals surface area contributed by atoms with E-state index >= 15 is 0 Å². The first kappa shape index (κ1) is 22.8. The van der Waals surface area contributed by atoms with Crippen LogP contribution in [0.3, 0.4) is 0 Å². The SMILES string of the molecule is CCCCCCCCCCCCc1ccc(CCCC)c(C(Cl)Cl)c1. The first-order chi connectivity index (χ1) is 12.2. The lowest BCUT2D eigenvalue weighted by molar-refractivity contribution is 0.556. The number of halogens is 2. The number of hydrogen-bond acceptors (Lipinski definition) is 0. The van der Waals surface area contributed by atoms with Crippen molar-refractivity contribution >= 4 is 23.2 Å². The largest absolute Gasteiger partial charge is 0.133 e. The molecule has 0 atom stereocenters. The number of alkyl halides is 2. The van der Waals surface area contributed by atoms with Gasteiger partial charge in [-0.1, -0.05) is 96.3 Å². The van der Waals surface area contributed by atoms with Gasteiger partial charge in [0.05, 0.1) is 0 Å². The first-order valence-corrected chi connectivity index (χ1v) is 11.5. The fraction of sp³-hybridized carbons (Fsp3) is 0.739. The van der Waals surface area contributed by atoms with Crippen molar-refractivity contribution in [3.05, 3.63) is 34.9 Å². The van der Waals surface area contributed by atoms with E-state index in [4.69, 9.17) is 23.2 Å². The monoisotopic (exact) mass is 384 g/mol. The van der Waals surface area contributed by atoms with Crippen LogP contribution >= 0.6 is 23.2 Å². The number of hydrogen-bond donors (Lipinski definition) is 0. The predicted molar refractivity (Wildman–Crippen MR) is 115 cm³/mol. The van der Waals surface area contributed by atoms with E-state index in [2.05, 4.69) is 32.0 Å². The molecule has 25 heavy (non-hydrogen) atoms. The Bertz CT molecular complexity index is 440. The summed E-state index contributed by atoms with van der Waals surface area (Å²) in [4.78, 5) is -0.403. The van der Waals surface area contributed by atoms with Crippen molar-refractivity contribution in [2.45, 2.75) is 109 Å². The minimum Gasteiger partial charge on any atom is -0.100 e. The summed E-state index contributed by atoms with van der Waals surface area (Å²) in [5, 5.41) is 0. The fourth-order valence-corrected chi connectivity index (χ4v) is 3.82. The summed E-state index contributed by atoms with van der Waals surface area (Å²) in [6, 6.07) is 6.76. The molecule has 0 aliphatic rings. The molecule has 0 aromatic heterocycles. The van der Waals surface area contributed by atoms with Gasteiger partial charge in [-0.2, -0.15) is 0 Å². The van der Waals surface area contributed by atoms with Crippen LogP contribution in [0.15, 0.2) is 18.2 Å². The summed E-state index contributed by atoms with van der Waals surface area (Å²) < 4.78 is 0. The molecule has 144 valence electrons. The van der Waals surface area contributed by atoms with E-state index in [0.717, 1.165) is 18.4 Å². The summed E-state index contributed by atoms with van der Waals surface area (Å²) in [5.74, 6) is 0. The molecule has 2 heteroatoms. The third-order valence-electron chi connectivity index (χ3n) is 5.06. The molecule has 0 fully saturated rings. The molecule has 0 N–H and O–H groups in total. The number of rotatable bonds is 15. The van der Waals surface area contributed by atoms with E-state index in [1.165, 1.54) is 88.2 Å². The van der Waals surface area contributed by atoms with Crippen molar-refractivity contribution in [3.8, 4) is 0 Å². The molecule has 0 saturated heterocycles. The van der Waals surface area contributed by atoms with Crippen LogP contribution < -0.4 is 0 Å². The highest BCUT2D eigenvalue weighted by atomic mass is 35.5. The van der Waals surface area contributed by atoms with Crippen molar-refractivity contribution < 1.29 is 0 Å². The third kappa shape index (κ3) is 10.5. The zero-order valence-corrected chi connectivity index (χ0v) is 18.0. The van der Waals surface area contributed by atoms with Crippen molar-refractivity contribution in [2.24, 2.45) is 0 Å². The smallest absolute Gasteiger partial charge is 0.100 e. The molecule has 0 saturated carbocycles. The van der Waals surface area contributed by atoms with Crippen molar-refractivity contribution in [1.29, 1.82) is 0 Å². The van der Waals surface area contributed by atoms with Crippen LogP contribution in [0.2, 0.25) is 0 Å². The first-order valence-electron chi connectivity index (χ1n) is 10.6. The Morgan fingerprint density at radius 2 is 1.24 bits per heavy atom. The van der Waals surface area contributed by atoms with E-state index in [-0.39, 0.29) is 0 Å². The quantitative estimate of drug-likeness (QED) is 0.209. The van der Waals surface area contributed by atoms with Gasteiger partial charge in [0.2, 0.25) is 0 Å². The van der Waals surface area contributed by atoms with Crippen LogP contribution in [0, 0.1) is 0 Å². The lowest BCUT2D eigenvalue weighted by atomic mass is 9.97. The van der Waals surface area contributed by atoms with Crippen molar-refractivity contribution in [1.82, 2.24) is 0 Å². The van der Waals surface area contributed by atoms with Crippen LogP contribution in [-0.4, -0.2) is 0 Å². The molecule has 0 aliphatic carbocycles. The van der Waals surface area contributed by atoms with Crippen LogP contribution in [0.5, 0.6) is 0 Å². The van der Waals surface area contributed by atoms with Gasteiger partial charge in [-0.25, -0.2) is 0 Å². The average Bonchev–Trinajstić information content (AvgIpc) is 2.61. The molecule has 0 heterocycles. The molecule has 0 radical (unpaired) electrons. The maximum Gasteiger partial charge on any atom is 0.133 e. The summed E-state index contributed by atoms with van der Waals surface area (Å²) in [6.07, 6.45) is 18.5. The number of aryl methyl sites for hydroxylation is 2. The topological polar surface area (TPSA) is 0 Å². The second-order valence-electron chi connectivity index (χ2n) is 7.37. The molecular formula is C23H38Cl2. The Morgan fingerprint density at radius 1 is 0.680 bits per heavy atom. The minimum absolute atomic E-state index is 0.403. The Kier molecular flexibility index (Phi) is 13.6. The molecule has 0 amide bonds. The highest BCUT2D eigenvalue weighted by molar-refractivity contribution is 6.44. The molecule has 0 nitrogen and oxygen atoms in total.